The molecule has 1 aromatic heterocycles. The Bertz CT molecular complexity index is 712. The van der Waals surface area contributed by atoms with E-state index >= 15 is 0 Å². The first-order chi connectivity index (χ1) is 9.40. The van der Waals surface area contributed by atoms with Crippen molar-refractivity contribution in [3.05, 3.63) is 57.3 Å². The molecule has 0 atom stereocenters. The van der Waals surface area contributed by atoms with E-state index in [1.165, 1.54) is 0 Å². The number of aromatic nitrogens is 1. The quantitative estimate of drug-likeness (QED) is 0.506. The van der Waals surface area contributed by atoms with E-state index in [9.17, 15) is 26.7 Å². The minimum atomic E-state index is -2.32. The van der Waals surface area contributed by atoms with Crippen LogP contribution in [0.5, 0.6) is 0 Å². The van der Waals surface area contributed by atoms with Gasteiger partial charge in [0.25, 0.3) is 5.56 Å². The molecule has 3 nitrogen and oxygen atoms in total. The van der Waals surface area contributed by atoms with Gasteiger partial charge in [0.05, 0.1) is 17.7 Å². The fourth-order valence-corrected chi connectivity index (χ4v) is 1.75. The largest absolute Gasteiger partial charge is 0.392 e. The van der Waals surface area contributed by atoms with Gasteiger partial charge in [-0.15, -0.1) is 0 Å². The molecule has 2 N–H and O–H groups in total. The fraction of sp³-hybridized carbons (Fsp3) is 0.0833. The minimum Gasteiger partial charge on any atom is -0.392 e. The average Bonchev–Trinajstić information content (AvgIpc) is 2.44. The van der Waals surface area contributed by atoms with E-state index < -0.39 is 52.4 Å². The van der Waals surface area contributed by atoms with Crippen LogP contribution in [0, 0.1) is 29.1 Å². The predicted octanol–water partition coefficient (Wildman–Crippen LogP) is 2.23. The van der Waals surface area contributed by atoms with Crippen LogP contribution in [0.25, 0.3) is 11.1 Å². The number of rotatable bonds is 2. The third kappa shape index (κ3) is 1.97. The Morgan fingerprint density at radius 2 is 1.40 bits per heavy atom. The average molecular weight is 291 g/mol. The number of pyridine rings is 1. The first-order valence-electron chi connectivity index (χ1n) is 5.23. The third-order valence-corrected chi connectivity index (χ3v) is 2.68. The van der Waals surface area contributed by atoms with Crippen LogP contribution in [-0.4, -0.2) is 10.1 Å². The van der Waals surface area contributed by atoms with Gasteiger partial charge in [0.15, 0.2) is 23.3 Å². The highest BCUT2D eigenvalue weighted by Crippen LogP contribution is 2.31. The summed E-state index contributed by atoms with van der Waals surface area (Å²) in [5, 5.41) is 9.02. The second-order valence-electron chi connectivity index (χ2n) is 3.81. The van der Waals surface area contributed by atoms with Crippen molar-refractivity contribution in [1.82, 2.24) is 4.98 Å². The number of benzene rings is 1. The van der Waals surface area contributed by atoms with Gasteiger partial charge < -0.3 is 10.1 Å². The second kappa shape index (κ2) is 5.04. The van der Waals surface area contributed by atoms with E-state index in [4.69, 9.17) is 5.11 Å². The zero-order valence-electron chi connectivity index (χ0n) is 9.61. The van der Waals surface area contributed by atoms with E-state index in [0.29, 0.717) is 0 Å². The van der Waals surface area contributed by atoms with E-state index in [2.05, 4.69) is 0 Å². The smallest absolute Gasteiger partial charge is 0.256 e. The van der Waals surface area contributed by atoms with E-state index in [1.807, 2.05) is 4.98 Å². The van der Waals surface area contributed by atoms with Gasteiger partial charge in [0.2, 0.25) is 5.82 Å². The molecule has 0 radical (unpaired) electrons. The lowest BCUT2D eigenvalue weighted by Crippen LogP contribution is -2.15. The van der Waals surface area contributed by atoms with Crippen LogP contribution in [0.3, 0.4) is 0 Å². The maximum absolute atomic E-state index is 13.6. The molecule has 0 bridgehead atoms. The number of halogens is 5. The number of hydrogen-bond acceptors (Lipinski definition) is 2. The maximum Gasteiger partial charge on any atom is 0.256 e. The van der Waals surface area contributed by atoms with Crippen LogP contribution in [0.2, 0.25) is 0 Å². The monoisotopic (exact) mass is 291 g/mol. The molecule has 0 saturated carbocycles. The summed E-state index contributed by atoms with van der Waals surface area (Å²) in [4.78, 5) is 13.6. The van der Waals surface area contributed by atoms with Crippen LogP contribution in [0.1, 0.15) is 5.56 Å². The second-order valence-corrected chi connectivity index (χ2v) is 3.81. The van der Waals surface area contributed by atoms with Gasteiger partial charge in [-0.2, -0.15) is 0 Å². The van der Waals surface area contributed by atoms with E-state index in [1.54, 1.807) is 0 Å². The number of hydrogen-bond donors (Lipinski definition) is 2. The minimum absolute atomic E-state index is 0.267. The van der Waals surface area contributed by atoms with Crippen molar-refractivity contribution >= 4 is 0 Å². The molecule has 2 aromatic rings. The molecule has 106 valence electrons. The molecular formula is C12H6F5NO2. The molecular weight excluding hydrogens is 285 g/mol. The third-order valence-electron chi connectivity index (χ3n) is 2.68. The molecule has 0 spiro atoms. The first-order valence-corrected chi connectivity index (χ1v) is 5.23. The zero-order valence-corrected chi connectivity index (χ0v) is 9.61. The number of aromatic amines is 1. The molecule has 0 aliphatic heterocycles. The lowest BCUT2D eigenvalue weighted by Gasteiger charge is -2.10. The molecule has 0 aliphatic carbocycles. The summed E-state index contributed by atoms with van der Waals surface area (Å²) >= 11 is 0. The van der Waals surface area contributed by atoms with Crippen LogP contribution < -0.4 is 5.56 Å². The van der Waals surface area contributed by atoms with Crippen LogP contribution >= 0.6 is 0 Å². The number of aliphatic hydroxyl groups excluding tert-OH is 1. The highest BCUT2D eigenvalue weighted by atomic mass is 19.2. The molecule has 1 heterocycles. The molecule has 1 aromatic carbocycles. The van der Waals surface area contributed by atoms with Crippen molar-refractivity contribution in [3.63, 3.8) is 0 Å². The Hall–Kier alpha value is -2.22. The molecule has 0 fully saturated rings. The van der Waals surface area contributed by atoms with Gasteiger partial charge in [0.1, 0.15) is 0 Å². The van der Waals surface area contributed by atoms with Gasteiger partial charge in [-0.1, -0.05) is 0 Å². The summed E-state index contributed by atoms with van der Waals surface area (Å²) in [6, 6.07) is 1.09. The predicted molar refractivity (Wildman–Crippen MR) is 58.2 cm³/mol. The summed E-state index contributed by atoms with van der Waals surface area (Å²) in [5.74, 6) is -10.9. The van der Waals surface area contributed by atoms with Crippen LogP contribution in [-0.2, 0) is 6.61 Å². The van der Waals surface area contributed by atoms with Crippen LogP contribution in [0.4, 0.5) is 22.0 Å². The Labute approximate surface area is 108 Å². The van der Waals surface area contributed by atoms with Crippen molar-refractivity contribution < 1.29 is 27.1 Å². The van der Waals surface area contributed by atoms with Crippen molar-refractivity contribution in [2.24, 2.45) is 0 Å². The summed E-state index contributed by atoms with van der Waals surface area (Å²) in [6.45, 7) is -0.807. The van der Waals surface area contributed by atoms with Gasteiger partial charge in [0, 0.05) is 6.20 Å². The van der Waals surface area contributed by atoms with Crippen molar-refractivity contribution in [2.45, 2.75) is 6.61 Å². The maximum atomic E-state index is 13.6. The number of H-pyrrole nitrogens is 1. The lowest BCUT2D eigenvalue weighted by atomic mass is 10.00. The molecule has 8 heteroatoms. The fourth-order valence-electron chi connectivity index (χ4n) is 1.75. The number of aliphatic hydroxyl groups is 1. The number of nitrogens with one attached hydrogen (secondary N) is 1. The summed E-state index contributed by atoms with van der Waals surface area (Å²) < 4.78 is 66.4. The highest BCUT2D eigenvalue weighted by molar-refractivity contribution is 5.67. The summed E-state index contributed by atoms with van der Waals surface area (Å²) in [6.07, 6.45) is 1.07. The zero-order chi connectivity index (χ0) is 15.0. The molecule has 0 unspecified atom stereocenters. The van der Waals surface area contributed by atoms with Gasteiger partial charge in [-0.05, 0) is 11.6 Å². The SMILES string of the molecule is O=c1[nH]ccc(CO)c1-c1c(F)c(F)c(F)c(F)c1F. The van der Waals surface area contributed by atoms with Crippen molar-refractivity contribution in [1.29, 1.82) is 0 Å². The van der Waals surface area contributed by atoms with Gasteiger partial charge >= 0.3 is 0 Å². The summed E-state index contributed by atoms with van der Waals surface area (Å²) in [5.41, 5.74) is -3.52. The molecule has 2 rings (SSSR count). The Kier molecular flexibility index (Phi) is 3.58. The Morgan fingerprint density at radius 1 is 0.900 bits per heavy atom. The topological polar surface area (TPSA) is 53.1 Å². The molecule has 0 amide bonds. The van der Waals surface area contributed by atoms with Gasteiger partial charge in [-0.25, -0.2) is 22.0 Å². The van der Waals surface area contributed by atoms with E-state index in [-0.39, 0.29) is 5.56 Å². The van der Waals surface area contributed by atoms with Crippen LogP contribution in [0.15, 0.2) is 17.1 Å². The van der Waals surface area contributed by atoms with E-state index in [0.717, 1.165) is 12.3 Å². The standard InChI is InChI=1S/C12H6F5NO2/c13-7-6(8(14)10(16)11(17)9(7)15)5-4(3-19)1-2-18-12(5)20/h1-2,19H,3H2,(H,18,20). The Balaban J connectivity index is 2.95. The molecule has 0 saturated heterocycles. The van der Waals surface area contributed by atoms with Crippen molar-refractivity contribution in [2.75, 3.05) is 0 Å². The Morgan fingerprint density at radius 3 is 1.90 bits per heavy atom. The van der Waals surface area contributed by atoms with Crippen molar-refractivity contribution in [3.8, 4) is 11.1 Å². The normalized spacial score (nSPS) is 10.9. The van der Waals surface area contributed by atoms with Gasteiger partial charge in [-0.3, -0.25) is 4.79 Å². The first kappa shape index (κ1) is 14.2. The molecule has 0 aliphatic rings. The highest BCUT2D eigenvalue weighted by Gasteiger charge is 2.29. The summed E-state index contributed by atoms with van der Waals surface area (Å²) in [7, 11) is 0. The molecule has 20 heavy (non-hydrogen) atoms. The lowest BCUT2D eigenvalue weighted by molar-refractivity contribution is 0.282.